The molecule has 0 spiro atoms. The van der Waals surface area contributed by atoms with Gasteiger partial charge in [0.05, 0.1) is 12.8 Å². The van der Waals surface area contributed by atoms with Crippen LogP contribution in [-0.2, 0) is 9.59 Å². The van der Waals surface area contributed by atoms with Gasteiger partial charge in [-0.25, -0.2) is 0 Å². The number of benzene rings is 2. The van der Waals surface area contributed by atoms with Crippen molar-refractivity contribution >= 4 is 23.2 Å². The van der Waals surface area contributed by atoms with E-state index in [1.54, 1.807) is 18.9 Å². The van der Waals surface area contributed by atoms with Crippen LogP contribution in [0.5, 0.6) is 5.75 Å². The maximum atomic E-state index is 12.6. The zero-order chi connectivity index (χ0) is 18.0. The number of carbonyl (C=O) groups excluding carboxylic acids is 2. The molecule has 5 nitrogen and oxygen atoms in total. The van der Waals surface area contributed by atoms with Crippen molar-refractivity contribution in [2.45, 2.75) is 26.2 Å². The fraction of sp³-hybridized carbons (Fsp3) is 0.300. The molecule has 2 amide bonds. The Labute approximate surface area is 147 Å². The van der Waals surface area contributed by atoms with Crippen molar-refractivity contribution in [1.82, 2.24) is 0 Å². The number of nitrogens with zero attached hydrogens (tertiary/aromatic N) is 1. The van der Waals surface area contributed by atoms with Gasteiger partial charge in [-0.2, -0.15) is 0 Å². The number of fused-ring (bicyclic) bond motifs is 1. The Bertz CT molecular complexity index is 816. The van der Waals surface area contributed by atoms with Crippen molar-refractivity contribution in [1.29, 1.82) is 0 Å². The lowest BCUT2D eigenvalue weighted by Gasteiger charge is -2.15. The largest absolute Gasteiger partial charge is 0.495 e. The van der Waals surface area contributed by atoms with Crippen molar-refractivity contribution in [3.63, 3.8) is 0 Å². The van der Waals surface area contributed by atoms with Crippen LogP contribution in [0.25, 0.3) is 0 Å². The van der Waals surface area contributed by atoms with Crippen LogP contribution in [0.3, 0.4) is 0 Å². The molecule has 1 aliphatic rings. The maximum absolute atomic E-state index is 12.6. The number of amides is 2. The third-order valence-electron chi connectivity index (χ3n) is 4.51. The maximum Gasteiger partial charge on any atom is 0.225 e. The molecule has 0 aliphatic carbocycles. The molecule has 1 unspecified atom stereocenters. The molecule has 130 valence electrons. The molecule has 0 radical (unpaired) electrons. The van der Waals surface area contributed by atoms with Crippen LogP contribution in [0, 0.1) is 6.92 Å². The van der Waals surface area contributed by atoms with E-state index in [1.807, 2.05) is 49.4 Å². The van der Waals surface area contributed by atoms with Gasteiger partial charge in [-0.15, -0.1) is 0 Å². The van der Waals surface area contributed by atoms with Gasteiger partial charge in [0.2, 0.25) is 11.8 Å². The molecule has 1 heterocycles. The SMILES string of the molecule is COc1ccc(C)cc1NC(=O)CC1CN(C(C)=O)c2ccccc21. The van der Waals surface area contributed by atoms with Gasteiger partial charge in [0.1, 0.15) is 5.75 Å². The summed E-state index contributed by atoms with van der Waals surface area (Å²) in [6.07, 6.45) is 0.317. The van der Waals surface area contributed by atoms with E-state index in [9.17, 15) is 9.59 Å². The number of methoxy groups -OCH3 is 1. The van der Waals surface area contributed by atoms with Crippen LogP contribution in [0.15, 0.2) is 42.5 Å². The van der Waals surface area contributed by atoms with E-state index in [0.29, 0.717) is 24.4 Å². The zero-order valence-electron chi connectivity index (χ0n) is 14.7. The summed E-state index contributed by atoms with van der Waals surface area (Å²) < 4.78 is 5.31. The molecule has 5 heteroatoms. The molecule has 0 fully saturated rings. The summed E-state index contributed by atoms with van der Waals surface area (Å²) in [6, 6.07) is 13.4. The van der Waals surface area contributed by atoms with Crippen LogP contribution < -0.4 is 15.0 Å². The molecule has 1 atom stereocenters. The molecule has 2 aromatic rings. The Morgan fingerprint density at radius 1 is 1.24 bits per heavy atom. The molecule has 1 aliphatic heterocycles. The lowest BCUT2D eigenvalue weighted by Crippen LogP contribution is -2.28. The second kappa shape index (κ2) is 6.97. The Morgan fingerprint density at radius 2 is 2.00 bits per heavy atom. The van der Waals surface area contributed by atoms with Gasteiger partial charge < -0.3 is 15.0 Å². The highest BCUT2D eigenvalue weighted by Gasteiger charge is 2.31. The molecule has 0 aromatic heterocycles. The van der Waals surface area contributed by atoms with Gasteiger partial charge in [0, 0.05) is 31.5 Å². The van der Waals surface area contributed by atoms with Gasteiger partial charge in [0.15, 0.2) is 0 Å². The third kappa shape index (κ3) is 3.50. The number of para-hydroxylation sites is 1. The van der Waals surface area contributed by atoms with Crippen molar-refractivity contribution in [2.24, 2.45) is 0 Å². The van der Waals surface area contributed by atoms with Gasteiger partial charge in [0.25, 0.3) is 0 Å². The normalized spacial score (nSPS) is 15.6. The third-order valence-corrected chi connectivity index (χ3v) is 4.51. The Hall–Kier alpha value is -2.82. The number of hydrogen-bond donors (Lipinski definition) is 1. The Morgan fingerprint density at radius 3 is 2.72 bits per heavy atom. The van der Waals surface area contributed by atoms with Crippen molar-refractivity contribution in [3.05, 3.63) is 53.6 Å². The summed E-state index contributed by atoms with van der Waals surface area (Å²) in [5, 5.41) is 2.94. The Kier molecular flexibility index (Phi) is 4.74. The standard InChI is InChI=1S/C20H22N2O3/c1-13-8-9-19(25-3)17(10-13)21-20(24)11-15-12-22(14(2)23)18-7-5-4-6-16(15)18/h4-10,15H,11-12H2,1-3H3,(H,21,24). The highest BCUT2D eigenvalue weighted by molar-refractivity contribution is 5.96. The summed E-state index contributed by atoms with van der Waals surface area (Å²) in [4.78, 5) is 26.2. The first kappa shape index (κ1) is 17.0. The van der Waals surface area contributed by atoms with Crippen LogP contribution >= 0.6 is 0 Å². The number of carbonyl (C=O) groups is 2. The van der Waals surface area contributed by atoms with E-state index >= 15 is 0 Å². The predicted molar refractivity (Wildman–Crippen MR) is 98.2 cm³/mol. The molecule has 3 rings (SSSR count). The fourth-order valence-electron chi connectivity index (χ4n) is 3.31. The number of ether oxygens (including phenoxy) is 1. The van der Waals surface area contributed by atoms with Crippen LogP contribution in [0.4, 0.5) is 11.4 Å². The van der Waals surface area contributed by atoms with E-state index in [-0.39, 0.29) is 17.7 Å². The summed E-state index contributed by atoms with van der Waals surface area (Å²) in [5.41, 5.74) is 3.66. The fourth-order valence-corrected chi connectivity index (χ4v) is 3.31. The van der Waals surface area contributed by atoms with Gasteiger partial charge >= 0.3 is 0 Å². The smallest absolute Gasteiger partial charge is 0.225 e. The summed E-state index contributed by atoms with van der Waals surface area (Å²) >= 11 is 0. The predicted octanol–water partition coefficient (Wildman–Crippen LogP) is 3.48. The van der Waals surface area contributed by atoms with E-state index in [4.69, 9.17) is 4.74 Å². The average molecular weight is 338 g/mol. The number of nitrogens with one attached hydrogen (secondary N) is 1. The molecule has 0 saturated carbocycles. The van der Waals surface area contributed by atoms with Crippen LogP contribution in [0.2, 0.25) is 0 Å². The van der Waals surface area contributed by atoms with E-state index < -0.39 is 0 Å². The van der Waals surface area contributed by atoms with E-state index in [2.05, 4.69) is 5.32 Å². The first-order chi connectivity index (χ1) is 12.0. The minimum Gasteiger partial charge on any atom is -0.495 e. The number of aryl methyl sites for hydroxylation is 1. The quantitative estimate of drug-likeness (QED) is 0.928. The molecule has 1 N–H and O–H groups in total. The van der Waals surface area contributed by atoms with E-state index in [1.165, 1.54) is 0 Å². The van der Waals surface area contributed by atoms with Gasteiger partial charge in [-0.05, 0) is 36.2 Å². The molecule has 0 bridgehead atoms. The monoisotopic (exact) mass is 338 g/mol. The second-order valence-electron chi connectivity index (χ2n) is 6.34. The van der Waals surface area contributed by atoms with E-state index in [0.717, 1.165) is 16.8 Å². The Balaban J connectivity index is 1.76. The molecule has 25 heavy (non-hydrogen) atoms. The summed E-state index contributed by atoms with van der Waals surface area (Å²) in [7, 11) is 1.58. The summed E-state index contributed by atoms with van der Waals surface area (Å²) in [5.74, 6) is 0.539. The highest BCUT2D eigenvalue weighted by Crippen LogP contribution is 2.38. The van der Waals surface area contributed by atoms with Crippen LogP contribution in [0.1, 0.15) is 30.4 Å². The lowest BCUT2D eigenvalue weighted by molar-refractivity contribution is -0.118. The van der Waals surface area contributed by atoms with Crippen molar-refractivity contribution in [2.75, 3.05) is 23.9 Å². The zero-order valence-corrected chi connectivity index (χ0v) is 14.7. The molecule has 0 saturated heterocycles. The lowest BCUT2D eigenvalue weighted by atomic mass is 9.97. The number of rotatable bonds is 4. The van der Waals surface area contributed by atoms with Crippen molar-refractivity contribution in [3.8, 4) is 5.75 Å². The van der Waals surface area contributed by atoms with Crippen LogP contribution in [-0.4, -0.2) is 25.5 Å². The first-order valence-electron chi connectivity index (χ1n) is 8.31. The second-order valence-corrected chi connectivity index (χ2v) is 6.34. The number of hydrogen-bond acceptors (Lipinski definition) is 3. The molecular weight excluding hydrogens is 316 g/mol. The van der Waals surface area contributed by atoms with Crippen molar-refractivity contribution < 1.29 is 14.3 Å². The molecule has 2 aromatic carbocycles. The summed E-state index contributed by atoms with van der Waals surface area (Å²) in [6.45, 7) is 4.05. The molecular formula is C20H22N2O3. The topological polar surface area (TPSA) is 58.6 Å². The van der Waals surface area contributed by atoms with Gasteiger partial charge in [-0.1, -0.05) is 24.3 Å². The average Bonchev–Trinajstić information content (AvgIpc) is 2.94. The minimum atomic E-state index is -0.0888. The number of anilines is 2. The first-order valence-corrected chi connectivity index (χ1v) is 8.31. The minimum absolute atomic E-state index is 0.00379. The highest BCUT2D eigenvalue weighted by atomic mass is 16.5. The van der Waals surface area contributed by atoms with Gasteiger partial charge in [-0.3, -0.25) is 9.59 Å².